The average Bonchev–Trinajstić information content (AvgIpc) is 3.17. The summed E-state index contributed by atoms with van der Waals surface area (Å²) in [5, 5.41) is 4.46. The number of likely N-dealkylation sites (N-methyl/N-ethyl adjacent to an activating group) is 1. The summed E-state index contributed by atoms with van der Waals surface area (Å²) in [7, 11) is 1.83. The zero-order valence-electron chi connectivity index (χ0n) is 15.3. The van der Waals surface area contributed by atoms with E-state index < -0.39 is 0 Å². The number of furan rings is 1. The third-order valence-electron chi connectivity index (χ3n) is 4.75. The molecule has 2 aromatic rings. The lowest BCUT2D eigenvalue weighted by Gasteiger charge is -2.33. The van der Waals surface area contributed by atoms with Gasteiger partial charge in [0.05, 0.1) is 19.4 Å². The monoisotopic (exact) mass is 345 g/mol. The van der Waals surface area contributed by atoms with Gasteiger partial charge in [-0.1, -0.05) is 0 Å². The van der Waals surface area contributed by atoms with Crippen molar-refractivity contribution in [3.8, 4) is 0 Å². The van der Waals surface area contributed by atoms with Crippen LogP contribution in [0.2, 0.25) is 0 Å². The Labute approximate surface area is 148 Å². The van der Waals surface area contributed by atoms with Gasteiger partial charge >= 0.3 is 0 Å². The predicted octanol–water partition coefficient (Wildman–Crippen LogP) is 1.86. The van der Waals surface area contributed by atoms with Crippen LogP contribution in [0.1, 0.15) is 30.3 Å². The van der Waals surface area contributed by atoms with Gasteiger partial charge in [-0.15, -0.1) is 0 Å². The number of nitrogens with zero attached hydrogens (tertiary/aromatic N) is 5. The van der Waals surface area contributed by atoms with Gasteiger partial charge in [0.2, 0.25) is 5.91 Å². The summed E-state index contributed by atoms with van der Waals surface area (Å²) >= 11 is 0. The van der Waals surface area contributed by atoms with Gasteiger partial charge in [0.15, 0.2) is 0 Å². The molecule has 1 fully saturated rings. The van der Waals surface area contributed by atoms with Gasteiger partial charge < -0.3 is 9.32 Å². The molecule has 0 spiro atoms. The van der Waals surface area contributed by atoms with Gasteiger partial charge in [0.25, 0.3) is 0 Å². The second-order valence-electron chi connectivity index (χ2n) is 6.96. The van der Waals surface area contributed by atoms with Gasteiger partial charge in [-0.05, 0) is 51.3 Å². The van der Waals surface area contributed by atoms with Crippen LogP contribution in [0.3, 0.4) is 0 Å². The Hall–Kier alpha value is -2.15. The van der Waals surface area contributed by atoms with Crippen molar-refractivity contribution in [3.63, 3.8) is 0 Å². The van der Waals surface area contributed by atoms with E-state index in [0.717, 1.165) is 43.5 Å². The molecule has 0 N–H and O–H groups in total. The molecule has 1 amide bonds. The van der Waals surface area contributed by atoms with Crippen molar-refractivity contribution in [1.29, 1.82) is 0 Å². The highest BCUT2D eigenvalue weighted by atomic mass is 16.3. The van der Waals surface area contributed by atoms with Gasteiger partial charge in [-0.3, -0.25) is 9.69 Å². The quantitative estimate of drug-likeness (QED) is 0.799. The molecule has 136 valence electrons. The number of piperidine rings is 1. The van der Waals surface area contributed by atoms with Crippen molar-refractivity contribution >= 4 is 5.91 Å². The molecular formula is C18H27N5O2. The Morgan fingerprint density at radius 1 is 1.44 bits per heavy atom. The number of carbonyl (C=O) groups excluding carboxylic acids is 1. The number of hydrogen-bond acceptors (Lipinski definition) is 5. The van der Waals surface area contributed by atoms with Crippen LogP contribution in [-0.4, -0.2) is 57.2 Å². The lowest BCUT2D eigenvalue weighted by molar-refractivity contribution is -0.132. The van der Waals surface area contributed by atoms with Crippen LogP contribution in [0.25, 0.3) is 0 Å². The molecule has 7 nitrogen and oxygen atoms in total. The van der Waals surface area contributed by atoms with Gasteiger partial charge in [-0.2, -0.15) is 5.10 Å². The Balaban J connectivity index is 1.50. The van der Waals surface area contributed by atoms with Crippen LogP contribution in [0.15, 0.2) is 22.8 Å². The minimum absolute atomic E-state index is 0.129. The maximum absolute atomic E-state index is 12.5. The third kappa shape index (κ3) is 4.69. The lowest BCUT2D eigenvalue weighted by atomic mass is 9.98. The number of aromatic nitrogens is 3. The van der Waals surface area contributed by atoms with E-state index in [1.165, 1.54) is 6.42 Å². The van der Waals surface area contributed by atoms with E-state index >= 15 is 0 Å². The van der Waals surface area contributed by atoms with Crippen molar-refractivity contribution < 1.29 is 9.21 Å². The van der Waals surface area contributed by atoms with E-state index in [1.807, 2.05) is 37.7 Å². The molecule has 0 saturated carbocycles. The molecule has 0 aliphatic carbocycles. The molecule has 25 heavy (non-hydrogen) atoms. The number of likely N-dealkylation sites (tertiary alicyclic amines) is 1. The molecule has 0 bridgehead atoms. The van der Waals surface area contributed by atoms with Crippen molar-refractivity contribution in [2.45, 2.75) is 39.8 Å². The van der Waals surface area contributed by atoms with Crippen molar-refractivity contribution in [2.24, 2.45) is 5.92 Å². The molecule has 2 aromatic heterocycles. The fraction of sp³-hybridized carbons (Fsp3) is 0.611. The Bertz CT molecular complexity index is 694. The van der Waals surface area contributed by atoms with E-state index in [1.54, 1.807) is 11.2 Å². The highest BCUT2D eigenvalue weighted by molar-refractivity contribution is 5.77. The largest absolute Gasteiger partial charge is 0.467 e. The molecule has 1 atom stereocenters. The molecular weight excluding hydrogens is 318 g/mol. The van der Waals surface area contributed by atoms with E-state index in [0.29, 0.717) is 19.0 Å². The summed E-state index contributed by atoms with van der Waals surface area (Å²) in [5.74, 6) is 3.23. The standard InChI is InChI=1S/C18H27N5O2/c1-14-19-15(2)23(20-14)11-16-6-4-8-22(10-16)13-18(24)21(3)12-17-7-5-9-25-17/h5,7,9,16H,4,6,8,10-13H2,1-3H3. The van der Waals surface area contributed by atoms with Crippen molar-refractivity contribution in [3.05, 3.63) is 35.8 Å². The van der Waals surface area contributed by atoms with Crippen LogP contribution < -0.4 is 0 Å². The first-order valence-corrected chi connectivity index (χ1v) is 8.88. The molecule has 1 unspecified atom stereocenters. The van der Waals surface area contributed by atoms with Crippen LogP contribution in [0.5, 0.6) is 0 Å². The summed E-state index contributed by atoms with van der Waals surface area (Å²) in [6.07, 6.45) is 3.93. The van der Waals surface area contributed by atoms with Gasteiger partial charge in [-0.25, -0.2) is 9.67 Å². The second kappa shape index (κ2) is 7.82. The fourth-order valence-corrected chi connectivity index (χ4v) is 3.46. The van der Waals surface area contributed by atoms with E-state index in [2.05, 4.69) is 15.0 Å². The lowest BCUT2D eigenvalue weighted by Crippen LogP contribution is -2.43. The van der Waals surface area contributed by atoms with Crippen LogP contribution >= 0.6 is 0 Å². The Kier molecular flexibility index (Phi) is 5.53. The molecule has 0 radical (unpaired) electrons. The summed E-state index contributed by atoms with van der Waals surface area (Å²) in [5.41, 5.74) is 0. The number of aryl methyl sites for hydroxylation is 2. The summed E-state index contributed by atoms with van der Waals surface area (Å²) < 4.78 is 7.31. The van der Waals surface area contributed by atoms with E-state index in [9.17, 15) is 4.79 Å². The first-order chi connectivity index (χ1) is 12.0. The first kappa shape index (κ1) is 17.7. The highest BCUT2D eigenvalue weighted by Crippen LogP contribution is 2.19. The Morgan fingerprint density at radius 2 is 2.28 bits per heavy atom. The van der Waals surface area contributed by atoms with Crippen LogP contribution in [0.4, 0.5) is 0 Å². The summed E-state index contributed by atoms with van der Waals surface area (Å²) in [4.78, 5) is 20.8. The number of amides is 1. The van der Waals surface area contributed by atoms with E-state index in [-0.39, 0.29) is 5.91 Å². The Morgan fingerprint density at radius 3 is 2.96 bits per heavy atom. The number of carbonyl (C=O) groups is 1. The summed E-state index contributed by atoms with van der Waals surface area (Å²) in [6.45, 7) is 7.67. The second-order valence-corrected chi connectivity index (χ2v) is 6.96. The SMILES string of the molecule is Cc1nc(C)n(CC2CCCN(CC(=O)N(C)Cc3ccco3)C2)n1. The molecule has 3 heterocycles. The van der Waals surface area contributed by atoms with Crippen LogP contribution in [-0.2, 0) is 17.9 Å². The maximum atomic E-state index is 12.5. The number of rotatable bonds is 6. The van der Waals surface area contributed by atoms with Crippen molar-refractivity contribution in [1.82, 2.24) is 24.6 Å². The van der Waals surface area contributed by atoms with Gasteiger partial charge in [0, 0.05) is 20.1 Å². The van der Waals surface area contributed by atoms with Gasteiger partial charge in [0.1, 0.15) is 17.4 Å². The molecule has 7 heteroatoms. The molecule has 1 aliphatic rings. The summed E-state index contributed by atoms with van der Waals surface area (Å²) in [6, 6.07) is 3.74. The minimum Gasteiger partial charge on any atom is -0.467 e. The van der Waals surface area contributed by atoms with Crippen LogP contribution in [0, 0.1) is 19.8 Å². The normalized spacial score (nSPS) is 18.4. The van der Waals surface area contributed by atoms with Crippen molar-refractivity contribution in [2.75, 3.05) is 26.7 Å². The average molecular weight is 345 g/mol. The minimum atomic E-state index is 0.129. The highest BCUT2D eigenvalue weighted by Gasteiger charge is 2.24. The third-order valence-corrected chi connectivity index (χ3v) is 4.75. The topological polar surface area (TPSA) is 67.4 Å². The predicted molar refractivity (Wildman–Crippen MR) is 93.8 cm³/mol. The molecule has 1 saturated heterocycles. The zero-order chi connectivity index (χ0) is 17.8. The first-order valence-electron chi connectivity index (χ1n) is 8.88. The molecule has 3 rings (SSSR count). The molecule has 0 aromatic carbocycles. The zero-order valence-corrected chi connectivity index (χ0v) is 15.3. The fourth-order valence-electron chi connectivity index (χ4n) is 3.46. The smallest absolute Gasteiger partial charge is 0.236 e. The van der Waals surface area contributed by atoms with E-state index in [4.69, 9.17) is 4.42 Å². The maximum Gasteiger partial charge on any atom is 0.236 e. The molecule has 1 aliphatic heterocycles. The number of hydrogen-bond donors (Lipinski definition) is 0.